The maximum absolute atomic E-state index is 12.2. The number of likely N-dealkylation sites (tertiary alicyclic amines) is 1. The molecule has 1 aliphatic heterocycles. The molecule has 2 heterocycles. The minimum Gasteiger partial charge on any atom is -0.369 e. The molecule has 2 rings (SSSR count). The Morgan fingerprint density at radius 2 is 2.32 bits per heavy atom. The number of nitrogens with two attached hydrogens (primary N) is 1. The van der Waals surface area contributed by atoms with Gasteiger partial charge in [0.2, 0.25) is 11.8 Å². The Kier molecular flexibility index (Phi) is 4.14. The molecule has 19 heavy (non-hydrogen) atoms. The highest BCUT2D eigenvalue weighted by atomic mass is 16.2. The van der Waals surface area contributed by atoms with E-state index in [1.807, 2.05) is 13.0 Å². The van der Waals surface area contributed by atoms with Crippen LogP contribution in [0.3, 0.4) is 0 Å². The number of primary amides is 1. The van der Waals surface area contributed by atoms with Gasteiger partial charge in [-0.15, -0.1) is 0 Å². The summed E-state index contributed by atoms with van der Waals surface area (Å²) in [6.45, 7) is 3.11. The number of hydrogen-bond donors (Lipinski definition) is 1. The largest absolute Gasteiger partial charge is 0.369 e. The second-order valence-corrected chi connectivity index (χ2v) is 5.06. The zero-order chi connectivity index (χ0) is 13.8. The zero-order valence-electron chi connectivity index (χ0n) is 11.1. The highest BCUT2D eigenvalue weighted by Crippen LogP contribution is 2.17. The van der Waals surface area contributed by atoms with Crippen molar-refractivity contribution in [1.29, 1.82) is 0 Å². The van der Waals surface area contributed by atoms with Crippen molar-refractivity contribution in [1.82, 2.24) is 9.88 Å². The van der Waals surface area contributed by atoms with E-state index in [2.05, 4.69) is 4.98 Å². The van der Waals surface area contributed by atoms with Crippen molar-refractivity contribution in [3.63, 3.8) is 0 Å². The first-order valence-corrected chi connectivity index (χ1v) is 6.54. The number of nitrogens with zero attached hydrogens (tertiary/aromatic N) is 2. The number of aryl methyl sites for hydroxylation is 1. The van der Waals surface area contributed by atoms with Crippen LogP contribution >= 0.6 is 0 Å². The molecule has 0 aromatic carbocycles. The summed E-state index contributed by atoms with van der Waals surface area (Å²) < 4.78 is 0. The Morgan fingerprint density at radius 3 is 3.00 bits per heavy atom. The number of carbonyl (C=O) groups excluding carboxylic acids is 2. The van der Waals surface area contributed by atoms with Gasteiger partial charge in [-0.3, -0.25) is 14.6 Å². The molecule has 0 radical (unpaired) electrons. The average Bonchev–Trinajstić information content (AvgIpc) is 2.41. The molecular formula is C14H19N3O2. The van der Waals surface area contributed by atoms with Crippen molar-refractivity contribution in [3.05, 3.63) is 29.6 Å². The Hall–Kier alpha value is -1.91. The van der Waals surface area contributed by atoms with Gasteiger partial charge in [0.05, 0.1) is 12.3 Å². The van der Waals surface area contributed by atoms with Crippen LogP contribution in [-0.2, 0) is 16.0 Å². The monoisotopic (exact) mass is 261 g/mol. The molecule has 2 N–H and O–H groups in total. The zero-order valence-corrected chi connectivity index (χ0v) is 11.1. The Morgan fingerprint density at radius 1 is 1.53 bits per heavy atom. The second-order valence-electron chi connectivity index (χ2n) is 5.06. The van der Waals surface area contributed by atoms with Gasteiger partial charge in [0.25, 0.3) is 0 Å². The van der Waals surface area contributed by atoms with Crippen LogP contribution in [0.25, 0.3) is 0 Å². The van der Waals surface area contributed by atoms with Gasteiger partial charge in [0.15, 0.2) is 0 Å². The molecule has 1 aliphatic rings. The molecule has 0 unspecified atom stereocenters. The topological polar surface area (TPSA) is 76.3 Å². The van der Waals surface area contributed by atoms with Crippen LogP contribution in [0.15, 0.2) is 18.5 Å². The summed E-state index contributed by atoms with van der Waals surface area (Å²) in [5.41, 5.74) is 7.32. The van der Waals surface area contributed by atoms with Crippen molar-refractivity contribution in [3.8, 4) is 0 Å². The third-order valence-electron chi connectivity index (χ3n) is 3.65. The Balaban J connectivity index is 2.00. The van der Waals surface area contributed by atoms with Crippen LogP contribution in [-0.4, -0.2) is 34.8 Å². The predicted octanol–water partition coefficient (Wildman–Crippen LogP) is 0.656. The van der Waals surface area contributed by atoms with Gasteiger partial charge in [-0.25, -0.2) is 0 Å². The number of amides is 2. The maximum atomic E-state index is 12.2. The summed E-state index contributed by atoms with van der Waals surface area (Å²) in [6.07, 6.45) is 5.44. The summed E-state index contributed by atoms with van der Waals surface area (Å²) in [5.74, 6) is -0.450. The summed E-state index contributed by atoms with van der Waals surface area (Å²) >= 11 is 0. The standard InChI is InChI=1S/C14H19N3O2/c1-10-8-16-5-4-11(10)7-13(18)17-6-2-3-12(9-17)14(15)19/h4-5,8,12H,2-3,6-7,9H2,1H3,(H2,15,19)/t12-/m0/s1. The van der Waals surface area contributed by atoms with E-state index in [1.165, 1.54) is 0 Å². The number of carbonyl (C=O) groups is 2. The Labute approximate surface area is 112 Å². The lowest BCUT2D eigenvalue weighted by Crippen LogP contribution is -2.44. The van der Waals surface area contributed by atoms with Crippen LogP contribution in [0.1, 0.15) is 24.0 Å². The van der Waals surface area contributed by atoms with E-state index in [4.69, 9.17) is 5.73 Å². The third-order valence-corrected chi connectivity index (χ3v) is 3.65. The van der Waals surface area contributed by atoms with Crippen molar-refractivity contribution < 1.29 is 9.59 Å². The molecular weight excluding hydrogens is 242 g/mol. The highest BCUT2D eigenvalue weighted by molar-refractivity contribution is 5.81. The maximum Gasteiger partial charge on any atom is 0.227 e. The SMILES string of the molecule is Cc1cnccc1CC(=O)N1CCC[C@H](C(N)=O)C1. The van der Waals surface area contributed by atoms with Crippen LogP contribution in [0.2, 0.25) is 0 Å². The lowest BCUT2D eigenvalue weighted by Gasteiger charge is -2.31. The average molecular weight is 261 g/mol. The molecule has 0 aliphatic carbocycles. The molecule has 1 saturated heterocycles. The van der Waals surface area contributed by atoms with Crippen LogP contribution < -0.4 is 5.73 Å². The number of aromatic nitrogens is 1. The van der Waals surface area contributed by atoms with Crippen LogP contribution in [0, 0.1) is 12.8 Å². The van der Waals surface area contributed by atoms with E-state index < -0.39 is 0 Å². The molecule has 1 fully saturated rings. The Bertz CT molecular complexity index is 487. The molecule has 1 aromatic heterocycles. The summed E-state index contributed by atoms with van der Waals surface area (Å²) in [5, 5.41) is 0. The van der Waals surface area contributed by atoms with E-state index >= 15 is 0 Å². The van der Waals surface area contributed by atoms with E-state index in [0.717, 1.165) is 24.0 Å². The van der Waals surface area contributed by atoms with Crippen molar-refractivity contribution >= 4 is 11.8 Å². The van der Waals surface area contributed by atoms with Crippen molar-refractivity contribution in [2.24, 2.45) is 11.7 Å². The van der Waals surface area contributed by atoms with E-state index in [9.17, 15) is 9.59 Å². The molecule has 102 valence electrons. The smallest absolute Gasteiger partial charge is 0.227 e. The van der Waals surface area contributed by atoms with Gasteiger partial charge in [-0.2, -0.15) is 0 Å². The quantitative estimate of drug-likeness (QED) is 0.868. The molecule has 0 bridgehead atoms. The van der Waals surface area contributed by atoms with E-state index in [1.54, 1.807) is 17.3 Å². The van der Waals surface area contributed by atoms with Gasteiger partial charge in [0.1, 0.15) is 0 Å². The first-order chi connectivity index (χ1) is 9.08. The number of piperidine rings is 1. The fraction of sp³-hybridized carbons (Fsp3) is 0.500. The van der Waals surface area contributed by atoms with Crippen LogP contribution in [0.5, 0.6) is 0 Å². The number of pyridine rings is 1. The highest BCUT2D eigenvalue weighted by Gasteiger charge is 2.26. The molecule has 1 atom stereocenters. The molecule has 0 spiro atoms. The van der Waals surface area contributed by atoms with E-state index in [0.29, 0.717) is 19.5 Å². The molecule has 0 saturated carbocycles. The lowest BCUT2D eigenvalue weighted by molar-refractivity contribution is -0.134. The van der Waals surface area contributed by atoms with Gasteiger partial charge < -0.3 is 10.6 Å². The molecule has 2 amide bonds. The molecule has 5 nitrogen and oxygen atoms in total. The van der Waals surface area contributed by atoms with Gasteiger partial charge >= 0.3 is 0 Å². The van der Waals surface area contributed by atoms with Crippen molar-refractivity contribution in [2.75, 3.05) is 13.1 Å². The third kappa shape index (κ3) is 3.30. The number of rotatable bonds is 3. The lowest BCUT2D eigenvalue weighted by atomic mass is 9.96. The summed E-state index contributed by atoms with van der Waals surface area (Å²) in [4.78, 5) is 29.2. The second kappa shape index (κ2) is 5.82. The fourth-order valence-corrected chi connectivity index (χ4v) is 2.41. The molecule has 5 heteroatoms. The minimum absolute atomic E-state index is 0.0558. The first-order valence-electron chi connectivity index (χ1n) is 6.54. The van der Waals surface area contributed by atoms with Gasteiger partial charge in [0, 0.05) is 25.5 Å². The predicted molar refractivity (Wildman–Crippen MR) is 71.2 cm³/mol. The van der Waals surface area contributed by atoms with Crippen LogP contribution in [0.4, 0.5) is 0 Å². The fourth-order valence-electron chi connectivity index (χ4n) is 2.41. The number of hydrogen-bond acceptors (Lipinski definition) is 3. The van der Waals surface area contributed by atoms with E-state index in [-0.39, 0.29) is 17.7 Å². The van der Waals surface area contributed by atoms with Crippen molar-refractivity contribution in [2.45, 2.75) is 26.2 Å². The molecule has 1 aromatic rings. The van der Waals surface area contributed by atoms with Gasteiger partial charge in [-0.1, -0.05) is 0 Å². The normalized spacial score (nSPS) is 19.2. The summed E-state index contributed by atoms with van der Waals surface area (Å²) in [7, 11) is 0. The summed E-state index contributed by atoms with van der Waals surface area (Å²) in [6, 6.07) is 1.86. The van der Waals surface area contributed by atoms with Gasteiger partial charge in [-0.05, 0) is 37.0 Å². The minimum atomic E-state index is -0.308. The first kappa shape index (κ1) is 13.5.